The van der Waals surface area contributed by atoms with E-state index in [0.29, 0.717) is 6.54 Å². The lowest BCUT2D eigenvalue weighted by molar-refractivity contribution is -0.122. The topological polar surface area (TPSA) is 60.8 Å². The van der Waals surface area contributed by atoms with Crippen LogP contribution < -0.4 is 5.43 Å². The second kappa shape index (κ2) is 9.22. The number of nitrogens with zero attached hydrogens (tertiary/aromatic N) is 4. The van der Waals surface area contributed by atoms with E-state index >= 15 is 0 Å². The average molecular weight is 351 g/mol. The van der Waals surface area contributed by atoms with Crippen LogP contribution >= 0.6 is 0 Å². The quantitative estimate of drug-likeness (QED) is 0.636. The summed E-state index contributed by atoms with van der Waals surface area (Å²) < 4.78 is 0. The lowest BCUT2D eigenvalue weighted by Gasteiger charge is -2.34. The van der Waals surface area contributed by atoms with Crippen molar-refractivity contribution in [3.8, 4) is 0 Å². The zero-order chi connectivity index (χ0) is 18.2. The summed E-state index contributed by atoms with van der Waals surface area (Å²) in [5, 5.41) is 4.17. The molecule has 2 aromatic rings. The summed E-state index contributed by atoms with van der Waals surface area (Å²) in [6.07, 6.45) is 3.45. The van der Waals surface area contributed by atoms with E-state index in [4.69, 9.17) is 0 Å². The van der Waals surface area contributed by atoms with E-state index < -0.39 is 0 Å². The Morgan fingerprint density at radius 2 is 1.81 bits per heavy atom. The van der Waals surface area contributed by atoms with Crippen LogP contribution in [0.2, 0.25) is 0 Å². The lowest BCUT2D eigenvalue weighted by atomic mass is 10.2. The summed E-state index contributed by atoms with van der Waals surface area (Å²) in [7, 11) is 0. The Balaban J connectivity index is 1.41. The van der Waals surface area contributed by atoms with Crippen molar-refractivity contribution in [1.29, 1.82) is 0 Å². The number of carbonyl (C=O) groups excluding carboxylic acids is 1. The number of hydrogen-bond donors (Lipinski definition) is 1. The van der Waals surface area contributed by atoms with Crippen LogP contribution in [0.5, 0.6) is 0 Å². The van der Waals surface area contributed by atoms with Gasteiger partial charge in [0.25, 0.3) is 5.91 Å². The first-order valence-corrected chi connectivity index (χ1v) is 8.93. The van der Waals surface area contributed by atoms with Crippen molar-refractivity contribution in [2.75, 3.05) is 32.7 Å². The van der Waals surface area contributed by atoms with Gasteiger partial charge < -0.3 is 0 Å². The van der Waals surface area contributed by atoms with Crippen molar-refractivity contribution in [1.82, 2.24) is 20.2 Å². The summed E-state index contributed by atoms with van der Waals surface area (Å²) in [5.74, 6) is -0.0789. The van der Waals surface area contributed by atoms with E-state index in [2.05, 4.69) is 49.6 Å². The molecular formula is C20H25N5O. The molecule has 0 unspecified atom stereocenters. The van der Waals surface area contributed by atoms with Gasteiger partial charge >= 0.3 is 0 Å². The molecule has 1 aromatic heterocycles. The van der Waals surface area contributed by atoms with Crippen LogP contribution in [0.15, 0.2) is 60.0 Å². The molecule has 1 aliphatic heterocycles. The highest BCUT2D eigenvalue weighted by Gasteiger charge is 2.18. The first-order chi connectivity index (χ1) is 12.7. The van der Waals surface area contributed by atoms with Crippen LogP contribution in [0.1, 0.15) is 18.1 Å². The molecule has 1 amide bonds. The molecule has 1 aliphatic rings. The average Bonchev–Trinajstić information content (AvgIpc) is 2.69. The number of rotatable bonds is 6. The smallest absolute Gasteiger partial charge is 0.254 e. The number of hydrogen-bond acceptors (Lipinski definition) is 5. The lowest BCUT2D eigenvalue weighted by Crippen LogP contribution is -2.48. The summed E-state index contributed by atoms with van der Waals surface area (Å²) in [5.41, 5.74) is 5.63. The molecule has 0 saturated carbocycles. The zero-order valence-corrected chi connectivity index (χ0v) is 15.1. The number of aromatic nitrogens is 1. The van der Waals surface area contributed by atoms with Crippen LogP contribution in [-0.2, 0) is 11.3 Å². The Labute approximate surface area is 154 Å². The SMILES string of the molecule is C/C(=N\NC(=O)CN1CCN(Cc2ccccc2)CC1)c1cccnc1. The van der Waals surface area contributed by atoms with Crippen LogP contribution in [0.3, 0.4) is 0 Å². The van der Waals surface area contributed by atoms with Gasteiger partial charge in [0, 0.05) is 50.7 Å². The molecule has 1 fully saturated rings. The largest absolute Gasteiger partial charge is 0.297 e. The standard InChI is InChI=1S/C20H25N5O/c1-17(19-8-5-9-21-14-19)22-23-20(26)16-25-12-10-24(11-13-25)15-18-6-3-2-4-7-18/h2-9,14H,10-13,15-16H2,1H3,(H,23,26)/b22-17+. The third kappa shape index (κ3) is 5.47. The summed E-state index contributed by atoms with van der Waals surface area (Å²) in [4.78, 5) is 20.8. The molecular weight excluding hydrogens is 326 g/mol. The summed E-state index contributed by atoms with van der Waals surface area (Å²) in [6.45, 7) is 6.94. The molecule has 6 nitrogen and oxygen atoms in total. The number of carbonyl (C=O) groups is 1. The Morgan fingerprint density at radius 3 is 2.50 bits per heavy atom. The fraction of sp³-hybridized carbons (Fsp3) is 0.350. The second-order valence-electron chi connectivity index (χ2n) is 6.51. The summed E-state index contributed by atoms with van der Waals surface area (Å²) in [6, 6.07) is 14.3. The molecule has 136 valence electrons. The first kappa shape index (κ1) is 18.2. The predicted octanol–water partition coefficient (Wildman–Crippen LogP) is 1.74. The molecule has 6 heteroatoms. The van der Waals surface area contributed by atoms with E-state index in [1.807, 2.05) is 25.1 Å². The number of nitrogens with one attached hydrogen (secondary N) is 1. The van der Waals surface area contributed by atoms with E-state index in [1.54, 1.807) is 12.4 Å². The number of pyridine rings is 1. The number of amides is 1. The maximum Gasteiger partial charge on any atom is 0.254 e. The maximum absolute atomic E-state index is 12.1. The molecule has 3 rings (SSSR count). The molecule has 26 heavy (non-hydrogen) atoms. The molecule has 1 saturated heterocycles. The van der Waals surface area contributed by atoms with Crippen molar-refractivity contribution >= 4 is 11.6 Å². The highest BCUT2D eigenvalue weighted by molar-refractivity contribution is 5.98. The Bertz CT molecular complexity index is 724. The van der Waals surface area contributed by atoms with Crippen LogP contribution in [-0.4, -0.2) is 59.1 Å². The van der Waals surface area contributed by atoms with E-state index in [0.717, 1.165) is 44.0 Å². The normalized spacial score (nSPS) is 16.4. The Hall–Kier alpha value is -2.57. The summed E-state index contributed by atoms with van der Waals surface area (Å²) >= 11 is 0. The number of hydrazone groups is 1. The Kier molecular flexibility index (Phi) is 6.46. The maximum atomic E-state index is 12.1. The van der Waals surface area contributed by atoms with Gasteiger partial charge in [-0.1, -0.05) is 36.4 Å². The molecule has 0 spiro atoms. The molecule has 0 atom stereocenters. The van der Waals surface area contributed by atoms with E-state index in [9.17, 15) is 4.79 Å². The number of benzene rings is 1. The van der Waals surface area contributed by atoms with Crippen molar-refractivity contribution in [2.24, 2.45) is 5.10 Å². The fourth-order valence-electron chi connectivity index (χ4n) is 2.97. The van der Waals surface area contributed by atoms with E-state index in [1.165, 1.54) is 5.56 Å². The van der Waals surface area contributed by atoms with Crippen molar-refractivity contribution in [2.45, 2.75) is 13.5 Å². The molecule has 2 heterocycles. The van der Waals surface area contributed by atoms with Crippen LogP contribution in [0, 0.1) is 0 Å². The van der Waals surface area contributed by atoms with Crippen molar-refractivity contribution < 1.29 is 4.79 Å². The molecule has 0 aliphatic carbocycles. The third-order valence-electron chi connectivity index (χ3n) is 4.51. The molecule has 1 aromatic carbocycles. The highest BCUT2D eigenvalue weighted by atomic mass is 16.2. The van der Waals surface area contributed by atoms with Crippen molar-refractivity contribution in [3.63, 3.8) is 0 Å². The molecule has 0 radical (unpaired) electrons. The first-order valence-electron chi connectivity index (χ1n) is 8.93. The van der Waals surface area contributed by atoms with E-state index in [-0.39, 0.29) is 5.91 Å². The fourth-order valence-corrected chi connectivity index (χ4v) is 2.97. The van der Waals surface area contributed by atoms with Gasteiger partial charge in [0.15, 0.2) is 0 Å². The van der Waals surface area contributed by atoms with Gasteiger partial charge in [-0.05, 0) is 18.6 Å². The molecule has 0 bridgehead atoms. The van der Waals surface area contributed by atoms with Gasteiger partial charge in [-0.15, -0.1) is 0 Å². The second-order valence-corrected chi connectivity index (χ2v) is 6.51. The van der Waals surface area contributed by atoms with Gasteiger partial charge in [0.1, 0.15) is 0 Å². The Morgan fingerprint density at radius 1 is 1.08 bits per heavy atom. The highest BCUT2D eigenvalue weighted by Crippen LogP contribution is 2.08. The minimum absolute atomic E-state index is 0.0789. The minimum atomic E-state index is -0.0789. The number of piperazine rings is 1. The van der Waals surface area contributed by atoms with Gasteiger partial charge in [0.05, 0.1) is 12.3 Å². The molecule has 1 N–H and O–H groups in total. The van der Waals surface area contributed by atoms with Crippen LogP contribution in [0.25, 0.3) is 0 Å². The zero-order valence-electron chi connectivity index (χ0n) is 15.1. The van der Waals surface area contributed by atoms with Crippen molar-refractivity contribution in [3.05, 3.63) is 66.0 Å². The van der Waals surface area contributed by atoms with Gasteiger partial charge in [-0.3, -0.25) is 19.6 Å². The third-order valence-corrected chi connectivity index (χ3v) is 4.51. The monoisotopic (exact) mass is 351 g/mol. The van der Waals surface area contributed by atoms with Gasteiger partial charge in [-0.25, -0.2) is 5.43 Å². The van der Waals surface area contributed by atoms with Gasteiger partial charge in [0.2, 0.25) is 0 Å². The van der Waals surface area contributed by atoms with Crippen LogP contribution in [0.4, 0.5) is 0 Å². The predicted molar refractivity (Wildman–Crippen MR) is 103 cm³/mol. The minimum Gasteiger partial charge on any atom is -0.297 e. The van der Waals surface area contributed by atoms with Gasteiger partial charge in [-0.2, -0.15) is 5.10 Å².